The summed E-state index contributed by atoms with van der Waals surface area (Å²) in [7, 11) is 1.61. The largest absolute Gasteiger partial charge is 0.396 e. The molecule has 0 saturated heterocycles. The molecule has 1 unspecified atom stereocenters. The summed E-state index contributed by atoms with van der Waals surface area (Å²) in [5.74, 6) is 0.118. The molecule has 114 valence electrons. The summed E-state index contributed by atoms with van der Waals surface area (Å²) in [6, 6.07) is 1.65. The van der Waals surface area contributed by atoms with Gasteiger partial charge in [-0.05, 0) is 6.42 Å². The second-order valence-corrected chi connectivity index (χ2v) is 5.71. The van der Waals surface area contributed by atoms with Crippen molar-refractivity contribution < 1.29 is 19.5 Å². The Labute approximate surface area is 119 Å². The lowest BCUT2D eigenvalue weighted by Crippen LogP contribution is -2.41. The van der Waals surface area contributed by atoms with E-state index in [9.17, 15) is 15.0 Å². The fraction of sp³-hybridized carbons (Fsp3) is 0.714. The van der Waals surface area contributed by atoms with Gasteiger partial charge < -0.3 is 19.6 Å². The van der Waals surface area contributed by atoms with Crippen LogP contribution in [-0.4, -0.2) is 53.0 Å². The standard InChI is InChI=1S/C14H24N2O4/c1-5-10(2)11-6-12(20-15-11)13(19)16(4)7-14(3,8-17)9-18/h6,10,17-18H,5,7-9H2,1-4H3. The second kappa shape index (κ2) is 6.85. The van der Waals surface area contributed by atoms with Gasteiger partial charge in [-0.25, -0.2) is 0 Å². The van der Waals surface area contributed by atoms with Crippen molar-refractivity contribution in [3.8, 4) is 0 Å². The summed E-state index contributed by atoms with van der Waals surface area (Å²) in [6.45, 7) is 5.61. The summed E-state index contributed by atoms with van der Waals surface area (Å²) in [5, 5.41) is 22.4. The number of aliphatic hydroxyl groups is 2. The molecule has 1 aromatic heterocycles. The Morgan fingerprint density at radius 3 is 2.60 bits per heavy atom. The molecule has 0 radical (unpaired) electrons. The van der Waals surface area contributed by atoms with Crippen molar-refractivity contribution in [2.24, 2.45) is 5.41 Å². The zero-order chi connectivity index (χ0) is 15.3. The van der Waals surface area contributed by atoms with Crippen molar-refractivity contribution in [2.75, 3.05) is 26.8 Å². The van der Waals surface area contributed by atoms with Crippen LogP contribution in [0.4, 0.5) is 0 Å². The third-order valence-corrected chi connectivity index (χ3v) is 3.59. The van der Waals surface area contributed by atoms with Gasteiger partial charge in [-0.2, -0.15) is 0 Å². The Kier molecular flexibility index (Phi) is 5.71. The minimum atomic E-state index is -0.732. The van der Waals surface area contributed by atoms with Crippen molar-refractivity contribution in [3.63, 3.8) is 0 Å². The van der Waals surface area contributed by atoms with E-state index in [1.165, 1.54) is 4.90 Å². The maximum absolute atomic E-state index is 12.2. The van der Waals surface area contributed by atoms with Gasteiger partial charge >= 0.3 is 0 Å². The highest BCUT2D eigenvalue weighted by molar-refractivity contribution is 5.91. The van der Waals surface area contributed by atoms with E-state index in [2.05, 4.69) is 5.16 Å². The van der Waals surface area contributed by atoms with Gasteiger partial charge in [0.2, 0.25) is 5.76 Å². The molecule has 0 bridgehead atoms. The first-order valence-electron chi connectivity index (χ1n) is 6.80. The summed E-state index contributed by atoms with van der Waals surface area (Å²) in [6.07, 6.45) is 0.920. The van der Waals surface area contributed by atoms with E-state index >= 15 is 0 Å². The van der Waals surface area contributed by atoms with E-state index in [1.54, 1.807) is 20.0 Å². The average Bonchev–Trinajstić information content (AvgIpc) is 2.95. The molecular formula is C14H24N2O4. The third kappa shape index (κ3) is 3.80. The van der Waals surface area contributed by atoms with Crippen molar-refractivity contribution in [3.05, 3.63) is 17.5 Å². The summed E-state index contributed by atoms with van der Waals surface area (Å²) < 4.78 is 5.09. The van der Waals surface area contributed by atoms with Gasteiger partial charge in [-0.15, -0.1) is 0 Å². The van der Waals surface area contributed by atoms with Crippen LogP contribution in [0.5, 0.6) is 0 Å². The number of aliphatic hydroxyl groups excluding tert-OH is 2. The Morgan fingerprint density at radius 2 is 2.10 bits per heavy atom. The first kappa shape index (κ1) is 16.7. The van der Waals surface area contributed by atoms with Crippen molar-refractivity contribution >= 4 is 5.91 Å². The fourth-order valence-electron chi connectivity index (χ4n) is 1.81. The Bertz CT molecular complexity index is 440. The molecule has 0 aromatic carbocycles. The van der Waals surface area contributed by atoms with E-state index < -0.39 is 5.41 Å². The lowest BCUT2D eigenvalue weighted by atomic mass is 9.92. The first-order valence-corrected chi connectivity index (χ1v) is 6.80. The highest BCUT2D eigenvalue weighted by Crippen LogP contribution is 2.20. The smallest absolute Gasteiger partial charge is 0.292 e. The molecule has 1 amide bonds. The molecular weight excluding hydrogens is 260 g/mol. The molecule has 6 heteroatoms. The molecule has 1 rings (SSSR count). The molecule has 0 fully saturated rings. The van der Waals surface area contributed by atoms with Crippen LogP contribution in [0.3, 0.4) is 0 Å². The number of rotatable bonds is 7. The average molecular weight is 284 g/mol. The van der Waals surface area contributed by atoms with E-state index in [0.29, 0.717) is 0 Å². The number of carbonyl (C=O) groups excluding carboxylic acids is 1. The molecule has 0 aliphatic carbocycles. The van der Waals surface area contributed by atoms with Crippen molar-refractivity contribution in [1.82, 2.24) is 10.1 Å². The summed E-state index contributed by atoms with van der Waals surface area (Å²) >= 11 is 0. The number of amides is 1. The zero-order valence-corrected chi connectivity index (χ0v) is 12.6. The summed E-state index contributed by atoms with van der Waals surface area (Å²) in [4.78, 5) is 13.6. The predicted octanol–water partition coefficient (Wildman–Crippen LogP) is 1.25. The van der Waals surface area contributed by atoms with E-state index in [0.717, 1.165) is 12.1 Å². The van der Waals surface area contributed by atoms with Gasteiger partial charge in [0.1, 0.15) is 0 Å². The van der Waals surface area contributed by atoms with Gasteiger partial charge in [0.25, 0.3) is 5.91 Å². The van der Waals surface area contributed by atoms with Crippen molar-refractivity contribution in [2.45, 2.75) is 33.1 Å². The number of hydrogen-bond donors (Lipinski definition) is 2. The van der Waals surface area contributed by atoms with Crippen LogP contribution >= 0.6 is 0 Å². The highest BCUT2D eigenvalue weighted by atomic mass is 16.5. The van der Waals surface area contributed by atoms with Gasteiger partial charge in [0.15, 0.2) is 0 Å². The third-order valence-electron chi connectivity index (χ3n) is 3.59. The second-order valence-electron chi connectivity index (χ2n) is 5.71. The van der Waals surface area contributed by atoms with Gasteiger partial charge in [-0.1, -0.05) is 25.9 Å². The molecule has 0 spiro atoms. The molecule has 1 aromatic rings. The van der Waals surface area contributed by atoms with Crippen LogP contribution in [-0.2, 0) is 0 Å². The Morgan fingerprint density at radius 1 is 1.50 bits per heavy atom. The van der Waals surface area contributed by atoms with Crippen LogP contribution in [0, 0.1) is 5.41 Å². The highest BCUT2D eigenvalue weighted by Gasteiger charge is 2.28. The lowest BCUT2D eigenvalue weighted by Gasteiger charge is -2.29. The Hall–Kier alpha value is -1.40. The predicted molar refractivity (Wildman–Crippen MR) is 74.4 cm³/mol. The molecule has 0 aliphatic rings. The molecule has 1 heterocycles. The van der Waals surface area contributed by atoms with Crippen LogP contribution in [0.25, 0.3) is 0 Å². The monoisotopic (exact) mass is 284 g/mol. The maximum atomic E-state index is 12.2. The van der Waals surface area contributed by atoms with Gasteiger partial charge in [0, 0.05) is 31.0 Å². The van der Waals surface area contributed by atoms with Crippen LogP contribution in [0.1, 0.15) is 49.4 Å². The maximum Gasteiger partial charge on any atom is 0.292 e. The Balaban J connectivity index is 2.77. The molecule has 2 N–H and O–H groups in total. The van der Waals surface area contributed by atoms with Crippen LogP contribution < -0.4 is 0 Å². The van der Waals surface area contributed by atoms with Crippen LogP contribution in [0.15, 0.2) is 10.6 Å². The lowest BCUT2D eigenvalue weighted by molar-refractivity contribution is 0.0348. The number of nitrogens with zero attached hydrogens (tertiary/aromatic N) is 2. The zero-order valence-electron chi connectivity index (χ0n) is 12.6. The van der Waals surface area contributed by atoms with E-state index in [-0.39, 0.29) is 37.3 Å². The fourth-order valence-corrected chi connectivity index (χ4v) is 1.81. The quantitative estimate of drug-likeness (QED) is 0.787. The first-order chi connectivity index (χ1) is 9.36. The van der Waals surface area contributed by atoms with E-state index in [1.807, 2.05) is 13.8 Å². The molecule has 1 atom stereocenters. The molecule has 20 heavy (non-hydrogen) atoms. The topological polar surface area (TPSA) is 86.8 Å². The normalized spacial score (nSPS) is 13.3. The number of carbonyl (C=O) groups is 1. The summed E-state index contributed by atoms with van der Waals surface area (Å²) in [5.41, 5.74) is 0.0283. The number of hydrogen-bond acceptors (Lipinski definition) is 5. The van der Waals surface area contributed by atoms with Crippen LogP contribution in [0.2, 0.25) is 0 Å². The van der Waals surface area contributed by atoms with Gasteiger partial charge in [0.05, 0.1) is 18.9 Å². The SMILES string of the molecule is CCC(C)c1cc(C(=O)N(C)CC(C)(CO)CO)on1. The molecule has 0 saturated carbocycles. The van der Waals surface area contributed by atoms with Gasteiger partial charge in [-0.3, -0.25) is 4.79 Å². The number of aromatic nitrogens is 1. The minimum absolute atomic E-state index is 0.182. The molecule has 6 nitrogen and oxygen atoms in total. The van der Waals surface area contributed by atoms with E-state index in [4.69, 9.17) is 4.52 Å². The van der Waals surface area contributed by atoms with Crippen molar-refractivity contribution in [1.29, 1.82) is 0 Å². The minimum Gasteiger partial charge on any atom is -0.396 e. The molecule has 0 aliphatic heterocycles.